The van der Waals surface area contributed by atoms with Gasteiger partial charge in [0.25, 0.3) is 16.5 Å². The highest BCUT2D eigenvalue weighted by Crippen LogP contribution is 2.40. The molecule has 0 spiro atoms. The Kier molecular flexibility index (Phi) is 8.40. The van der Waals surface area contributed by atoms with E-state index in [4.69, 9.17) is 9.47 Å². The van der Waals surface area contributed by atoms with E-state index in [1.807, 2.05) is 0 Å². The zero-order valence-electron chi connectivity index (χ0n) is 21.8. The summed E-state index contributed by atoms with van der Waals surface area (Å²) in [6, 6.07) is 7.99. The smallest absolute Gasteiger partial charge is 0.416 e. The van der Waals surface area contributed by atoms with Gasteiger partial charge in [-0.3, -0.25) is 14.4 Å². The highest BCUT2D eigenvalue weighted by Gasteiger charge is 2.39. The number of aromatic nitrogens is 3. The maximum absolute atomic E-state index is 13.3. The summed E-state index contributed by atoms with van der Waals surface area (Å²) in [5.41, 5.74) is -0.0183. The van der Waals surface area contributed by atoms with Crippen LogP contribution in [0.3, 0.4) is 0 Å². The third-order valence-corrected chi connectivity index (χ3v) is 8.78. The van der Waals surface area contributed by atoms with Crippen molar-refractivity contribution in [2.75, 3.05) is 17.8 Å². The molecule has 14 heteroatoms. The van der Waals surface area contributed by atoms with E-state index in [0.717, 1.165) is 38.2 Å². The Morgan fingerprint density at radius 2 is 1.88 bits per heavy atom. The number of nitrogens with zero attached hydrogens (tertiary/aromatic N) is 4. The van der Waals surface area contributed by atoms with Crippen LogP contribution in [0.2, 0.25) is 0 Å². The second-order valence-corrected chi connectivity index (χ2v) is 11.6. The molecule has 1 saturated heterocycles. The number of halogens is 3. The number of alkyl halides is 3. The van der Waals surface area contributed by atoms with Gasteiger partial charge >= 0.3 is 6.18 Å². The predicted octanol–water partition coefficient (Wildman–Crippen LogP) is 4.41. The van der Waals surface area contributed by atoms with Crippen LogP contribution in [-0.4, -0.2) is 60.0 Å². The van der Waals surface area contributed by atoms with Crippen molar-refractivity contribution in [3.63, 3.8) is 0 Å². The minimum atomic E-state index is -4.42. The van der Waals surface area contributed by atoms with Crippen molar-refractivity contribution in [3.05, 3.63) is 66.2 Å². The first-order valence-electron chi connectivity index (χ1n) is 13.1. The van der Waals surface area contributed by atoms with E-state index >= 15 is 0 Å². The van der Waals surface area contributed by atoms with Crippen molar-refractivity contribution < 1.29 is 35.9 Å². The SMILES string of the molecule is O=COc1cc(O[C@H]2CC[C@H](c3cccc(C(F)(F)F)c3)C[C@@H]2N2CCCC2)ncc1S(=O)(=O)Nc1ccncn1. The van der Waals surface area contributed by atoms with Crippen LogP contribution in [0.5, 0.6) is 11.6 Å². The Labute approximate surface area is 235 Å². The standard InChI is InChI=1S/C27H28F3N5O5S/c28-27(29,30)20-5-3-4-18(12-20)19-6-7-22(21(13-19)35-10-1-2-11-35)40-26-14-23(39-17-36)24(15-32-26)41(37,38)34-25-8-9-31-16-33-25/h3-5,8-9,12,14-17,19,21-22H,1-2,6-7,10-11,13H2,(H,31,33,34)/t19-,21-,22-/m0/s1. The molecule has 41 heavy (non-hydrogen) atoms. The van der Waals surface area contributed by atoms with Crippen molar-refractivity contribution in [1.82, 2.24) is 19.9 Å². The van der Waals surface area contributed by atoms with Gasteiger partial charge in [0.1, 0.15) is 23.1 Å². The molecule has 3 aromatic rings. The lowest BCUT2D eigenvalue weighted by Crippen LogP contribution is -2.48. The van der Waals surface area contributed by atoms with Gasteiger partial charge in [0.05, 0.1) is 11.8 Å². The van der Waals surface area contributed by atoms with Gasteiger partial charge in [-0.2, -0.15) is 13.2 Å². The third kappa shape index (κ3) is 6.76. The number of carbonyl (C=O) groups excluding carboxylic acids is 1. The maximum Gasteiger partial charge on any atom is 0.416 e. The van der Waals surface area contributed by atoms with Gasteiger partial charge in [-0.1, -0.05) is 18.2 Å². The van der Waals surface area contributed by atoms with Gasteiger partial charge in [0.15, 0.2) is 5.75 Å². The number of likely N-dealkylation sites (tertiary alicyclic amines) is 1. The number of nitrogens with one attached hydrogen (secondary N) is 1. The summed E-state index contributed by atoms with van der Waals surface area (Å²) in [6.07, 6.45) is 2.57. The fourth-order valence-corrected chi connectivity index (χ4v) is 6.57. The van der Waals surface area contributed by atoms with Crippen LogP contribution in [-0.2, 0) is 21.0 Å². The first-order chi connectivity index (χ1) is 19.6. The molecule has 1 saturated carbocycles. The van der Waals surface area contributed by atoms with E-state index < -0.39 is 21.8 Å². The van der Waals surface area contributed by atoms with E-state index in [0.29, 0.717) is 24.8 Å². The van der Waals surface area contributed by atoms with Crippen LogP contribution in [0.15, 0.2) is 60.0 Å². The van der Waals surface area contributed by atoms with Crippen molar-refractivity contribution in [2.24, 2.45) is 0 Å². The topological polar surface area (TPSA) is 124 Å². The molecule has 218 valence electrons. The third-order valence-electron chi connectivity index (χ3n) is 7.41. The van der Waals surface area contributed by atoms with Crippen LogP contribution >= 0.6 is 0 Å². The molecule has 1 aliphatic heterocycles. The van der Waals surface area contributed by atoms with Crippen LogP contribution in [0.1, 0.15) is 49.1 Å². The Morgan fingerprint density at radius 1 is 1.07 bits per heavy atom. The van der Waals surface area contributed by atoms with Gasteiger partial charge in [-0.15, -0.1) is 0 Å². The zero-order chi connectivity index (χ0) is 29.0. The predicted molar refractivity (Wildman–Crippen MR) is 141 cm³/mol. The molecule has 0 bridgehead atoms. The summed E-state index contributed by atoms with van der Waals surface area (Å²) in [5.74, 6) is -0.273. The lowest BCUT2D eigenvalue weighted by Gasteiger charge is -2.41. The van der Waals surface area contributed by atoms with Crippen molar-refractivity contribution in [3.8, 4) is 11.6 Å². The highest BCUT2D eigenvalue weighted by molar-refractivity contribution is 7.92. The quantitative estimate of drug-likeness (QED) is 0.361. The number of pyridine rings is 1. The summed E-state index contributed by atoms with van der Waals surface area (Å²) in [4.78, 5) is 24.9. The molecule has 3 heterocycles. The number of ether oxygens (including phenoxy) is 2. The first kappa shape index (κ1) is 28.7. The molecule has 3 atom stereocenters. The van der Waals surface area contributed by atoms with E-state index in [-0.39, 0.29) is 46.9 Å². The summed E-state index contributed by atoms with van der Waals surface area (Å²) >= 11 is 0. The number of benzene rings is 1. The molecule has 0 amide bonds. The Hall–Kier alpha value is -3.78. The average Bonchev–Trinajstić information content (AvgIpc) is 3.48. The lowest BCUT2D eigenvalue weighted by molar-refractivity contribution is -0.137. The second kappa shape index (κ2) is 12.0. The number of sulfonamides is 1. The fourth-order valence-electron chi connectivity index (χ4n) is 5.50. The molecule has 2 aliphatic rings. The van der Waals surface area contributed by atoms with Gasteiger partial charge in [-0.25, -0.2) is 23.4 Å². The number of rotatable bonds is 9. The van der Waals surface area contributed by atoms with E-state index in [1.165, 1.54) is 36.8 Å². The van der Waals surface area contributed by atoms with Crippen LogP contribution in [0.4, 0.5) is 19.0 Å². The summed E-state index contributed by atoms with van der Waals surface area (Å²) < 4.78 is 79.5. The minimum Gasteiger partial charge on any atom is -0.473 e. The average molecular weight is 592 g/mol. The van der Waals surface area contributed by atoms with Crippen molar-refractivity contribution >= 4 is 22.3 Å². The maximum atomic E-state index is 13.3. The second-order valence-electron chi connectivity index (χ2n) is 9.98. The van der Waals surface area contributed by atoms with Crippen LogP contribution in [0.25, 0.3) is 0 Å². The molecule has 10 nitrogen and oxygen atoms in total. The molecule has 1 aliphatic carbocycles. The Bertz CT molecular complexity index is 1470. The summed E-state index contributed by atoms with van der Waals surface area (Å²) in [7, 11) is -4.22. The normalized spacial score (nSPS) is 21.8. The molecule has 2 fully saturated rings. The summed E-state index contributed by atoms with van der Waals surface area (Å²) in [5, 5.41) is 0. The van der Waals surface area contributed by atoms with Gasteiger partial charge < -0.3 is 9.47 Å². The minimum absolute atomic E-state index is 0.0170. The number of hydrogen-bond acceptors (Lipinski definition) is 9. The van der Waals surface area contributed by atoms with Gasteiger partial charge in [0.2, 0.25) is 5.88 Å². The highest BCUT2D eigenvalue weighted by atomic mass is 32.2. The number of carbonyl (C=O) groups is 1. The fraction of sp³-hybridized carbons (Fsp3) is 0.407. The molecular formula is C27H28F3N5O5S. The van der Waals surface area contributed by atoms with E-state index in [1.54, 1.807) is 6.07 Å². The Balaban J connectivity index is 1.37. The first-order valence-corrected chi connectivity index (χ1v) is 14.6. The molecule has 5 rings (SSSR count). The van der Waals surface area contributed by atoms with Gasteiger partial charge in [-0.05, 0) is 68.8 Å². The van der Waals surface area contributed by atoms with Crippen LogP contribution < -0.4 is 14.2 Å². The van der Waals surface area contributed by atoms with Gasteiger partial charge in [0, 0.05) is 18.3 Å². The molecule has 1 aromatic carbocycles. The zero-order valence-corrected chi connectivity index (χ0v) is 22.6. The number of hydrogen-bond donors (Lipinski definition) is 1. The molecule has 0 unspecified atom stereocenters. The van der Waals surface area contributed by atoms with E-state index in [2.05, 4.69) is 24.6 Å². The summed E-state index contributed by atoms with van der Waals surface area (Å²) in [6.45, 7) is 1.80. The van der Waals surface area contributed by atoms with E-state index in [9.17, 15) is 26.4 Å². The lowest BCUT2D eigenvalue weighted by atomic mass is 9.79. The van der Waals surface area contributed by atoms with Crippen molar-refractivity contribution in [2.45, 2.75) is 61.2 Å². The molecule has 0 radical (unpaired) electrons. The molecule has 1 N–H and O–H groups in total. The van der Waals surface area contributed by atoms with Crippen molar-refractivity contribution in [1.29, 1.82) is 0 Å². The largest absolute Gasteiger partial charge is 0.473 e. The molecular weight excluding hydrogens is 563 g/mol. The monoisotopic (exact) mass is 591 g/mol. The Morgan fingerprint density at radius 3 is 2.59 bits per heavy atom. The molecule has 2 aromatic heterocycles. The van der Waals surface area contributed by atoms with Crippen LogP contribution in [0, 0.1) is 0 Å². The number of anilines is 1.